The van der Waals surface area contributed by atoms with Crippen LogP contribution in [0, 0.1) is 0 Å². The molecule has 1 saturated carbocycles. The highest BCUT2D eigenvalue weighted by Gasteiger charge is 2.28. The van der Waals surface area contributed by atoms with Gasteiger partial charge in [-0.3, -0.25) is 4.79 Å². The molecule has 0 bridgehead atoms. The molecule has 27 heavy (non-hydrogen) atoms. The van der Waals surface area contributed by atoms with Crippen LogP contribution in [0.1, 0.15) is 60.3 Å². The monoisotopic (exact) mass is 372 g/mol. The van der Waals surface area contributed by atoms with Gasteiger partial charge >= 0.3 is 0 Å². The summed E-state index contributed by atoms with van der Waals surface area (Å²) in [5.74, 6) is 1.56. The van der Waals surface area contributed by atoms with Gasteiger partial charge in [-0.2, -0.15) is 0 Å². The molecule has 2 aromatic heterocycles. The van der Waals surface area contributed by atoms with Gasteiger partial charge < -0.3 is 19.3 Å². The van der Waals surface area contributed by atoms with E-state index in [0.29, 0.717) is 17.5 Å². The van der Waals surface area contributed by atoms with Gasteiger partial charge in [0.05, 0.1) is 7.11 Å². The molecule has 0 atom stereocenters. The highest BCUT2D eigenvalue weighted by Crippen LogP contribution is 2.28. The van der Waals surface area contributed by atoms with Crippen molar-refractivity contribution in [3.63, 3.8) is 0 Å². The Morgan fingerprint density at radius 3 is 2.63 bits per heavy atom. The van der Waals surface area contributed by atoms with Crippen LogP contribution in [0.4, 0.5) is 0 Å². The summed E-state index contributed by atoms with van der Waals surface area (Å²) in [7, 11) is 1.55. The van der Waals surface area contributed by atoms with E-state index in [9.17, 15) is 4.79 Å². The van der Waals surface area contributed by atoms with E-state index in [4.69, 9.17) is 14.0 Å². The Hall–Kier alpha value is -2.64. The van der Waals surface area contributed by atoms with Crippen molar-refractivity contribution < 1.29 is 18.8 Å². The van der Waals surface area contributed by atoms with Crippen LogP contribution in [0.3, 0.4) is 0 Å². The Kier molecular flexibility index (Phi) is 5.22. The number of hydrogen-bond acceptors (Lipinski definition) is 7. The Balaban J connectivity index is 1.30. The van der Waals surface area contributed by atoms with Crippen molar-refractivity contribution in [2.45, 2.75) is 63.5 Å². The van der Waals surface area contributed by atoms with Gasteiger partial charge in [0, 0.05) is 30.4 Å². The van der Waals surface area contributed by atoms with Crippen molar-refractivity contribution in [1.82, 2.24) is 20.4 Å². The maximum atomic E-state index is 12.6. The van der Waals surface area contributed by atoms with Crippen molar-refractivity contribution in [3.05, 3.63) is 29.4 Å². The quantitative estimate of drug-likeness (QED) is 0.860. The summed E-state index contributed by atoms with van der Waals surface area (Å²) in [5.41, 5.74) is 1.46. The highest BCUT2D eigenvalue weighted by atomic mass is 16.5. The molecule has 2 heterocycles. The van der Waals surface area contributed by atoms with E-state index in [1.807, 2.05) is 0 Å². The van der Waals surface area contributed by atoms with Gasteiger partial charge in [-0.15, -0.1) is 0 Å². The number of aromatic nitrogens is 3. The number of rotatable bonds is 5. The number of carbonyl (C=O) groups excluding carboxylic acids is 1. The number of amides is 1. The predicted octanol–water partition coefficient (Wildman–Crippen LogP) is 2.47. The Bertz CT molecular complexity index is 799. The van der Waals surface area contributed by atoms with Crippen LogP contribution >= 0.6 is 0 Å². The maximum Gasteiger partial charge on any atom is 0.278 e. The molecule has 8 heteroatoms. The van der Waals surface area contributed by atoms with Crippen LogP contribution < -0.4 is 14.8 Å². The van der Waals surface area contributed by atoms with Crippen LogP contribution in [-0.2, 0) is 12.8 Å². The first-order valence-corrected chi connectivity index (χ1v) is 9.54. The van der Waals surface area contributed by atoms with E-state index in [1.165, 1.54) is 0 Å². The highest BCUT2D eigenvalue weighted by molar-refractivity contribution is 5.94. The molecule has 4 rings (SSSR count). The lowest BCUT2D eigenvalue weighted by Gasteiger charge is -2.29. The molecule has 0 saturated heterocycles. The third kappa shape index (κ3) is 3.89. The summed E-state index contributed by atoms with van der Waals surface area (Å²) < 4.78 is 16.5. The van der Waals surface area contributed by atoms with Crippen molar-refractivity contribution in [1.29, 1.82) is 0 Å². The summed E-state index contributed by atoms with van der Waals surface area (Å²) in [6.45, 7) is 0. The van der Waals surface area contributed by atoms with Gasteiger partial charge in [-0.05, 0) is 44.9 Å². The molecule has 144 valence electrons. The zero-order valence-corrected chi connectivity index (χ0v) is 15.4. The fourth-order valence-electron chi connectivity index (χ4n) is 3.83. The number of ether oxygens (including phenoxy) is 2. The number of methoxy groups -OCH3 is 1. The number of nitrogens with zero attached hydrogens (tertiary/aromatic N) is 3. The average Bonchev–Trinajstić information content (AvgIpc) is 3.14. The number of aryl methyl sites for hydroxylation is 1. The molecule has 0 aliphatic heterocycles. The normalized spacial score (nSPS) is 22.0. The lowest BCUT2D eigenvalue weighted by Crippen LogP contribution is -2.40. The summed E-state index contributed by atoms with van der Waals surface area (Å²) in [5, 5.41) is 7.12. The second-order valence-corrected chi connectivity index (χ2v) is 7.08. The van der Waals surface area contributed by atoms with Crippen LogP contribution in [0.5, 0.6) is 11.8 Å². The molecule has 0 unspecified atom stereocenters. The van der Waals surface area contributed by atoms with E-state index in [2.05, 4.69) is 20.4 Å². The third-order valence-electron chi connectivity index (χ3n) is 5.28. The van der Waals surface area contributed by atoms with E-state index < -0.39 is 0 Å². The summed E-state index contributed by atoms with van der Waals surface area (Å²) in [6.07, 6.45) is 10.5. The number of hydrogen-bond donors (Lipinski definition) is 1. The molecular formula is C19H24N4O4. The molecule has 1 fully saturated rings. The standard InChI is InChI=1S/C19H24N4O4/c1-25-18-19(21-11-10-20-18)26-13-8-6-12(7-9-13)22-17(24)16-14-4-2-3-5-15(14)27-23-16/h10-13H,2-9H2,1H3,(H,22,24). The second kappa shape index (κ2) is 7.94. The summed E-state index contributed by atoms with van der Waals surface area (Å²) in [6, 6.07) is 0.122. The Morgan fingerprint density at radius 1 is 1.11 bits per heavy atom. The fourth-order valence-corrected chi connectivity index (χ4v) is 3.83. The molecule has 0 aromatic carbocycles. The zero-order valence-electron chi connectivity index (χ0n) is 15.4. The lowest BCUT2D eigenvalue weighted by atomic mass is 9.92. The van der Waals surface area contributed by atoms with Crippen molar-refractivity contribution in [2.75, 3.05) is 7.11 Å². The van der Waals surface area contributed by atoms with E-state index in [1.54, 1.807) is 19.5 Å². The van der Waals surface area contributed by atoms with Gasteiger partial charge in [0.2, 0.25) is 0 Å². The van der Waals surface area contributed by atoms with Gasteiger partial charge in [-0.25, -0.2) is 9.97 Å². The summed E-state index contributed by atoms with van der Waals surface area (Å²) in [4.78, 5) is 20.9. The third-order valence-corrected chi connectivity index (χ3v) is 5.28. The van der Waals surface area contributed by atoms with Crippen molar-refractivity contribution in [2.24, 2.45) is 0 Å². The smallest absolute Gasteiger partial charge is 0.278 e. The van der Waals surface area contributed by atoms with Gasteiger partial charge in [0.1, 0.15) is 11.9 Å². The minimum atomic E-state index is -0.123. The van der Waals surface area contributed by atoms with E-state index in [0.717, 1.165) is 62.7 Å². The molecule has 2 aromatic rings. The molecule has 8 nitrogen and oxygen atoms in total. The predicted molar refractivity (Wildman–Crippen MR) is 95.9 cm³/mol. The van der Waals surface area contributed by atoms with Crippen LogP contribution in [-0.4, -0.2) is 40.3 Å². The maximum absolute atomic E-state index is 12.6. The first-order valence-electron chi connectivity index (χ1n) is 9.54. The lowest BCUT2D eigenvalue weighted by molar-refractivity contribution is 0.0877. The molecule has 2 aliphatic rings. The van der Waals surface area contributed by atoms with E-state index in [-0.39, 0.29) is 18.1 Å². The van der Waals surface area contributed by atoms with Crippen LogP contribution in [0.15, 0.2) is 16.9 Å². The topological polar surface area (TPSA) is 99.4 Å². The van der Waals surface area contributed by atoms with Crippen LogP contribution in [0.2, 0.25) is 0 Å². The molecule has 1 N–H and O–H groups in total. The minimum Gasteiger partial charge on any atom is -0.477 e. The second-order valence-electron chi connectivity index (χ2n) is 7.08. The van der Waals surface area contributed by atoms with Crippen molar-refractivity contribution in [3.8, 4) is 11.8 Å². The Morgan fingerprint density at radius 2 is 1.85 bits per heavy atom. The molecule has 0 spiro atoms. The number of nitrogens with one attached hydrogen (secondary N) is 1. The first kappa shape index (κ1) is 17.8. The van der Waals surface area contributed by atoms with Gasteiger partial charge in [0.15, 0.2) is 5.69 Å². The molecule has 1 amide bonds. The average molecular weight is 372 g/mol. The number of fused-ring (bicyclic) bond motifs is 1. The zero-order chi connectivity index (χ0) is 18.6. The first-order chi connectivity index (χ1) is 13.2. The molecular weight excluding hydrogens is 348 g/mol. The fraction of sp³-hybridized carbons (Fsp3) is 0.579. The van der Waals surface area contributed by atoms with Crippen LogP contribution in [0.25, 0.3) is 0 Å². The molecule has 0 radical (unpaired) electrons. The largest absolute Gasteiger partial charge is 0.477 e. The molecule has 2 aliphatic carbocycles. The SMILES string of the molecule is COc1nccnc1OC1CCC(NC(=O)c2noc3c2CCCC3)CC1. The number of carbonyl (C=O) groups is 1. The van der Waals surface area contributed by atoms with Crippen molar-refractivity contribution >= 4 is 5.91 Å². The minimum absolute atomic E-state index is 0.0450. The van der Waals surface area contributed by atoms with Gasteiger partial charge in [0.25, 0.3) is 17.7 Å². The Labute approximate surface area is 157 Å². The summed E-state index contributed by atoms with van der Waals surface area (Å²) >= 11 is 0. The van der Waals surface area contributed by atoms with Gasteiger partial charge in [-0.1, -0.05) is 5.16 Å². The van der Waals surface area contributed by atoms with E-state index >= 15 is 0 Å².